The van der Waals surface area contributed by atoms with Gasteiger partial charge in [-0.3, -0.25) is 0 Å². The summed E-state index contributed by atoms with van der Waals surface area (Å²) in [4.78, 5) is 0. The van der Waals surface area contributed by atoms with E-state index in [1.807, 2.05) is 0 Å². The van der Waals surface area contributed by atoms with E-state index >= 15 is 0 Å². The zero-order valence-electron chi connectivity index (χ0n) is 13.0. The molecule has 1 aromatic rings. The van der Waals surface area contributed by atoms with Gasteiger partial charge >= 0.3 is 0 Å². The average Bonchev–Trinajstić information content (AvgIpc) is 2.42. The third-order valence-electron chi connectivity index (χ3n) is 3.98. The van der Waals surface area contributed by atoms with Crippen LogP contribution in [0.1, 0.15) is 68.9 Å². The number of hydrogen-bond acceptors (Lipinski definition) is 1. The lowest BCUT2D eigenvalue weighted by Gasteiger charge is -2.19. The van der Waals surface area contributed by atoms with Crippen LogP contribution in [0.15, 0.2) is 24.3 Å². The molecule has 0 saturated carbocycles. The molecule has 1 nitrogen and oxygen atoms in total. The van der Waals surface area contributed by atoms with Crippen molar-refractivity contribution in [2.24, 2.45) is 0 Å². The largest absolute Gasteiger partial charge is 0.319 e. The van der Waals surface area contributed by atoms with Gasteiger partial charge in [0.05, 0.1) is 0 Å². The quantitative estimate of drug-likeness (QED) is 0.581. The number of nitrogens with one attached hydrogen (secondary N) is 1. The van der Waals surface area contributed by atoms with Gasteiger partial charge in [0.15, 0.2) is 0 Å². The molecule has 1 unspecified atom stereocenters. The molecule has 0 heterocycles. The maximum absolute atomic E-state index is 3.35. The second-order valence-electron chi connectivity index (χ2n) is 5.67. The first kappa shape index (κ1) is 16.2. The number of unbranched alkanes of at least 4 members (excludes halogenated alkanes) is 5. The smallest absolute Gasteiger partial charge is 0.00172 e. The van der Waals surface area contributed by atoms with Crippen molar-refractivity contribution in [3.63, 3.8) is 0 Å². The maximum Gasteiger partial charge on any atom is 0.00172 e. The van der Waals surface area contributed by atoms with E-state index < -0.39 is 0 Å². The molecule has 0 saturated heterocycles. The lowest BCUT2D eigenvalue weighted by Crippen LogP contribution is -2.18. The van der Waals surface area contributed by atoms with E-state index in [2.05, 4.69) is 50.5 Å². The Morgan fingerprint density at radius 1 is 1.00 bits per heavy atom. The van der Waals surface area contributed by atoms with E-state index in [4.69, 9.17) is 0 Å². The number of benzene rings is 1. The van der Waals surface area contributed by atoms with Crippen molar-refractivity contribution in [1.29, 1.82) is 0 Å². The Kier molecular flexibility index (Phi) is 8.57. The Hall–Kier alpha value is -0.820. The van der Waals surface area contributed by atoms with Crippen molar-refractivity contribution >= 4 is 0 Å². The summed E-state index contributed by atoms with van der Waals surface area (Å²) < 4.78 is 0. The second kappa shape index (κ2) is 10.0. The zero-order valence-corrected chi connectivity index (χ0v) is 13.0. The molecule has 108 valence electrons. The van der Waals surface area contributed by atoms with Gasteiger partial charge in [-0.05, 0) is 37.4 Å². The highest BCUT2D eigenvalue weighted by Crippen LogP contribution is 2.25. The van der Waals surface area contributed by atoms with Crippen molar-refractivity contribution < 1.29 is 0 Å². The molecule has 0 bridgehead atoms. The Labute approximate surface area is 119 Å². The Morgan fingerprint density at radius 3 is 2.37 bits per heavy atom. The van der Waals surface area contributed by atoms with Crippen LogP contribution >= 0.6 is 0 Å². The monoisotopic (exact) mass is 261 g/mol. The van der Waals surface area contributed by atoms with E-state index in [-0.39, 0.29) is 0 Å². The van der Waals surface area contributed by atoms with Gasteiger partial charge in [0, 0.05) is 6.54 Å². The van der Waals surface area contributed by atoms with Crippen molar-refractivity contribution in [1.82, 2.24) is 5.32 Å². The highest BCUT2D eigenvalue weighted by Gasteiger charge is 2.12. The zero-order chi connectivity index (χ0) is 13.9. The molecule has 1 aromatic carbocycles. The van der Waals surface area contributed by atoms with Gasteiger partial charge in [-0.2, -0.15) is 0 Å². The minimum Gasteiger partial charge on any atom is -0.319 e. The fourth-order valence-corrected chi connectivity index (χ4v) is 2.83. The van der Waals surface area contributed by atoms with Gasteiger partial charge in [-0.25, -0.2) is 0 Å². The van der Waals surface area contributed by atoms with Crippen LogP contribution in [0.2, 0.25) is 0 Å². The van der Waals surface area contributed by atoms with E-state index in [9.17, 15) is 0 Å². The van der Waals surface area contributed by atoms with Gasteiger partial charge in [0.2, 0.25) is 0 Å². The molecule has 0 amide bonds. The summed E-state index contributed by atoms with van der Waals surface area (Å²) >= 11 is 0. The maximum atomic E-state index is 3.35. The van der Waals surface area contributed by atoms with Gasteiger partial charge < -0.3 is 5.32 Å². The average molecular weight is 261 g/mol. The Bertz CT molecular complexity index is 332. The number of hydrogen-bond donors (Lipinski definition) is 1. The Balaban J connectivity index is 2.39. The standard InChI is InChI=1S/C18H31N/c1-4-5-6-7-8-9-13-17(15-19-3)18-14-11-10-12-16(18)2/h10-12,14,17,19H,4-9,13,15H2,1-3H3. The molecule has 0 aromatic heterocycles. The summed E-state index contributed by atoms with van der Waals surface area (Å²) in [7, 11) is 2.06. The predicted molar refractivity (Wildman–Crippen MR) is 85.8 cm³/mol. The van der Waals surface area contributed by atoms with Crippen LogP contribution in [0, 0.1) is 6.92 Å². The molecule has 0 aliphatic carbocycles. The van der Waals surface area contributed by atoms with Crippen LogP contribution in [-0.2, 0) is 0 Å². The van der Waals surface area contributed by atoms with Crippen LogP contribution < -0.4 is 5.32 Å². The van der Waals surface area contributed by atoms with Crippen LogP contribution in [-0.4, -0.2) is 13.6 Å². The van der Waals surface area contributed by atoms with E-state index in [0.29, 0.717) is 5.92 Å². The number of aryl methyl sites for hydroxylation is 1. The summed E-state index contributed by atoms with van der Waals surface area (Å²) in [6.45, 7) is 5.61. The first-order valence-corrected chi connectivity index (χ1v) is 7.99. The molecular weight excluding hydrogens is 230 g/mol. The van der Waals surface area contributed by atoms with Crippen LogP contribution in [0.5, 0.6) is 0 Å². The van der Waals surface area contributed by atoms with Crippen molar-refractivity contribution in [3.8, 4) is 0 Å². The molecular formula is C18H31N. The third kappa shape index (κ3) is 6.24. The summed E-state index contributed by atoms with van der Waals surface area (Å²) in [6, 6.07) is 8.85. The van der Waals surface area contributed by atoms with Gasteiger partial charge in [-0.15, -0.1) is 0 Å². The lowest BCUT2D eigenvalue weighted by molar-refractivity contribution is 0.521. The Morgan fingerprint density at radius 2 is 1.68 bits per heavy atom. The molecule has 0 radical (unpaired) electrons. The molecule has 1 heteroatoms. The topological polar surface area (TPSA) is 12.0 Å². The normalized spacial score (nSPS) is 12.6. The molecule has 1 atom stereocenters. The molecule has 19 heavy (non-hydrogen) atoms. The van der Waals surface area contributed by atoms with Crippen molar-refractivity contribution in [2.75, 3.05) is 13.6 Å². The molecule has 1 N–H and O–H groups in total. The van der Waals surface area contributed by atoms with Gasteiger partial charge in [0.1, 0.15) is 0 Å². The summed E-state index contributed by atoms with van der Waals surface area (Å²) in [6.07, 6.45) is 9.64. The first-order valence-electron chi connectivity index (χ1n) is 7.99. The van der Waals surface area contributed by atoms with Crippen molar-refractivity contribution in [3.05, 3.63) is 35.4 Å². The summed E-state index contributed by atoms with van der Waals surface area (Å²) in [5.74, 6) is 0.678. The van der Waals surface area contributed by atoms with Gasteiger partial charge in [-0.1, -0.05) is 69.7 Å². The molecule has 1 rings (SSSR count). The van der Waals surface area contributed by atoms with E-state index in [1.54, 1.807) is 0 Å². The molecule has 0 spiro atoms. The van der Waals surface area contributed by atoms with Crippen LogP contribution in [0.25, 0.3) is 0 Å². The molecule has 0 aliphatic rings. The predicted octanol–water partition coefficient (Wildman–Crippen LogP) is 5.05. The van der Waals surface area contributed by atoms with E-state index in [0.717, 1.165) is 6.54 Å². The van der Waals surface area contributed by atoms with Crippen LogP contribution in [0.3, 0.4) is 0 Å². The fraction of sp³-hybridized carbons (Fsp3) is 0.667. The SMILES string of the molecule is CCCCCCCCC(CNC)c1ccccc1C. The third-order valence-corrected chi connectivity index (χ3v) is 3.98. The van der Waals surface area contributed by atoms with Gasteiger partial charge in [0.25, 0.3) is 0 Å². The summed E-state index contributed by atoms with van der Waals surface area (Å²) in [5.41, 5.74) is 2.97. The molecule has 0 fully saturated rings. The van der Waals surface area contributed by atoms with E-state index in [1.165, 1.54) is 56.1 Å². The first-order chi connectivity index (χ1) is 9.29. The van der Waals surface area contributed by atoms with Crippen molar-refractivity contribution in [2.45, 2.75) is 64.7 Å². The highest BCUT2D eigenvalue weighted by molar-refractivity contribution is 5.29. The minimum atomic E-state index is 0.678. The number of likely N-dealkylation sites (N-methyl/N-ethyl adjacent to an activating group) is 1. The lowest BCUT2D eigenvalue weighted by atomic mass is 9.90. The summed E-state index contributed by atoms with van der Waals surface area (Å²) in [5, 5.41) is 3.35. The molecule has 0 aliphatic heterocycles. The highest BCUT2D eigenvalue weighted by atomic mass is 14.8. The minimum absolute atomic E-state index is 0.678. The van der Waals surface area contributed by atoms with Crippen LogP contribution in [0.4, 0.5) is 0 Å². The number of rotatable bonds is 10. The fourth-order valence-electron chi connectivity index (χ4n) is 2.83. The second-order valence-corrected chi connectivity index (χ2v) is 5.67.